The van der Waals surface area contributed by atoms with Crippen molar-refractivity contribution in [3.8, 4) is 0 Å². The number of nitrogens with zero attached hydrogens (tertiary/aromatic N) is 2. The highest BCUT2D eigenvalue weighted by Crippen LogP contribution is 2.32. The number of rotatable bonds is 4. The largest absolute Gasteiger partial charge is 0.462 e. The number of amides is 1. The fourth-order valence-corrected chi connectivity index (χ4v) is 3.00. The maximum atomic E-state index is 12.1. The van der Waals surface area contributed by atoms with Crippen LogP contribution in [0.1, 0.15) is 29.6 Å². The highest BCUT2D eigenvalue weighted by atomic mass is 16.5. The SMILES string of the molecule is O=C(OCC1CC(=O)N(C2CC2)C1)c1ccc2nc[nH]c2c1. The van der Waals surface area contributed by atoms with Crippen molar-refractivity contribution >= 4 is 22.9 Å². The number of ether oxygens (including phenoxy) is 1. The third kappa shape index (κ3) is 2.45. The first-order chi connectivity index (χ1) is 10.7. The van der Waals surface area contributed by atoms with Gasteiger partial charge in [0.15, 0.2) is 0 Å². The molecule has 1 N–H and O–H groups in total. The van der Waals surface area contributed by atoms with Gasteiger partial charge in [-0.1, -0.05) is 0 Å². The first-order valence-electron chi connectivity index (χ1n) is 7.60. The number of nitrogens with one attached hydrogen (secondary N) is 1. The summed E-state index contributed by atoms with van der Waals surface area (Å²) in [7, 11) is 0. The second-order valence-electron chi connectivity index (χ2n) is 6.08. The van der Waals surface area contributed by atoms with Gasteiger partial charge in [-0.25, -0.2) is 9.78 Å². The average molecular weight is 299 g/mol. The first-order valence-corrected chi connectivity index (χ1v) is 7.60. The van der Waals surface area contributed by atoms with Gasteiger partial charge in [0, 0.05) is 24.9 Å². The molecule has 0 spiro atoms. The number of fused-ring (bicyclic) bond motifs is 1. The zero-order valence-electron chi connectivity index (χ0n) is 12.1. The molecule has 22 heavy (non-hydrogen) atoms. The predicted molar refractivity (Wildman–Crippen MR) is 79.2 cm³/mol. The van der Waals surface area contributed by atoms with Crippen LogP contribution >= 0.6 is 0 Å². The summed E-state index contributed by atoms with van der Waals surface area (Å²) in [5.74, 6) is -0.0378. The Bertz CT molecular complexity index is 735. The molecule has 1 saturated carbocycles. The Morgan fingerprint density at radius 2 is 2.27 bits per heavy atom. The molecule has 1 aliphatic heterocycles. The molecule has 0 radical (unpaired) electrons. The highest BCUT2D eigenvalue weighted by molar-refractivity contribution is 5.93. The quantitative estimate of drug-likeness (QED) is 0.872. The summed E-state index contributed by atoms with van der Waals surface area (Å²) < 4.78 is 5.38. The van der Waals surface area contributed by atoms with E-state index >= 15 is 0 Å². The zero-order valence-corrected chi connectivity index (χ0v) is 12.1. The molecule has 1 amide bonds. The fraction of sp³-hybridized carbons (Fsp3) is 0.438. The molecule has 1 aromatic heterocycles. The number of likely N-dealkylation sites (tertiary alicyclic amines) is 1. The van der Waals surface area contributed by atoms with E-state index < -0.39 is 0 Å². The van der Waals surface area contributed by atoms with E-state index in [1.54, 1.807) is 24.5 Å². The Morgan fingerprint density at radius 3 is 3.09 bits per heavy atom. The van der Waals surface area contributed by atoms with Crippen molar-refractivity contribution in [2.75, 3.05) is 13.2 Å². The maximum Gasteiger partial charge on any atom is 0.338 e. The smallest absolute Gasteiger partial charge is 0.338 e. The van der Waals surface area contributed by atoms with Gasteiger partial charge in [-0.05, 0) is 31.0 Å². The van der Waals surface area contributed by atoms with E-state index in [2.05, 4.69) is 9.97 Å². The molecule has 0 bridgehead atoms. The van der Waals surface area contributed by atoms with Crippen LogP contribution in [-0.2, 0) is 9.53 Å². The molecule has 6 nitrogen and oxygen atoms in total. The van der Waals surface area contributed by atoms with E-state index in [4.69, 9.17) is 4.74 Å². The number of esters is 1. The van der Waals surface area contributed by atoms with Crippen molar-refractivity contribution in [2.45, 2.75) is 25.3 Å². The summed E-state index contributed by atoms with van der Waals surface area (Å²) in [6.45, 7) is 1.02. The predicted octanol–water partition coefficient (Wildman–Crippen LogP) is 1.73. The van der Waals surface area contributed by atoms with Gasteiger partial charge in [0.25, 0.3) is 0 Å². The number of aromatic nitrogens is 2. The molecule has 4 rings (SSSR count). The second-order valence-corrected chi connectivity index (χ2v) is 6.08. The molecule has 2 heterocycles. The van der Waals surface area contributed by atoms with E-state index in [9.17, 15) is 9.59 Å². The number of benzene rings is 1. The van der Waals surface area contributed by atoms with Crippen LogP contribution in [0.15, 0.2) is 24.5 Å². The zero-order chi connectivity index (χ0) is 15.1. The van der Waals surface area contributed by atoms with Crippen molar-refractivity contribution in [3.05, 3.63) is 30.1 Å². The number of hydrogen-bond acceptors (Lipinski definition) is 4. The molecule has 1 aromatic carbocycles. The van der Waals surface area contributed by atoms with Crippen LogP contribution in [0.5, 0.6) is 0 Å². The normalized spacial score (nSPS) is 21.5. The Balaban J connectivity index is 1.37. The van der Waals surface area contributed by atoms with E-state index in [1.165, 1.54) is 0 Å². The van der Waals surface area contributed by atoms with Crippen molar-refractivity contribution in [1.29, 1.82) is 0 Å². The van der Waals surface area contributed by atoms with Crippen LogP contribution in [0.4, 0.5) is 0 Å². The number of imidazole rings is 1. The molecule has 2 aromatic rings. The lowest BCUT2D eigenvalue weighted by molar-refractivity contribution is -0.128. The van der Waals surface area contributed by atoms with Gasteiger partial charge in [-0.2, -0.15) is 0 Å². The third-order valence-electron chi connectivity index (χ3n) is 4.33. The van der Waals surface area contributed by atoms with Gasteiger partial charge in [0.05, 0.1) is 29.5 Å². The van der Waals surface area contributed by atoms with Gasteiger partial charge in [-0.15, -0.1) is 0 Å². The highest BCUT2D eigenvalue weighted by Gasteiger charge is 2.39. The second kappa shape index (κ2) is 5.12. The van der Waals surface area contributed by atoms with Crippen molar-refractivity contribution < 1.29 is 14.3 Å². The third-order valence-corrected chi connectivity index (χ3v) is 4.33. The van der Waals surface area contributed by atoms with Crippen LogP contribution in [0.25, 0.3) is 11.0 Å². The molecule has 2 fully saturated rings. The average Bonchev–Trinajstić information content (AvgIpc) is 3.13. The summed E-state index contributed by atoms with van der Waals surface area (Å²) in [6, 6.07) is 5.68. The lowest BCUT2D eigenvalue weighted by Gasteiger charge is -2.15. The number of hydrogen-bond donors (Lipinski definition) is 1. The molecule has 6 heteroatoms. The van der Waals surface area contributed by atoms with Gasteiger partial charge < -0.3 is 14.6 Å². The summed E-state index contributed by atoms with van der Waals surface area (Å²) in [6.07, 6.45) is 4.31. The monoisotopic (exact) mass is 299 g/mol. The Morgan fingerprint density at radius 1 is 1.41 bits per heavy atom. The molecule has 1 saturated heterocycles. The number of carbonyl (C=O) groups is 2. The molecular formula is C16H17N3O3. The van der Waals surface area contributed by atoms with Crippen LogP contribution in [0.3, 0.4) is 0 Å². The van der Waals surface area contributed by atoms with Gasteiger partial charge in [-0.3, -0.25) is 4.79 Å². The van der Waals surface area contributed by atoms with E-state index in [-0.39, 0.29) is 17.8 Å². The number of H-pyrrole nitrogens is 1. The molecule has 2 aliphatic rings. The maximum absolute atomic E-state index is 12.1. The lowest BCUT2D eigenvalue weighted by atomic mass is 10.1. The summed E-state index contributed by atoms with van der Waals surface area (Å²) >= 11 is 0. The van der Waals surface area contributed by atoms with Crippen LogP contribution in [0.2, 0.25) is 0 Å². The van der Waals surface area contributed by atoms with E-state index in [1.807, 2.05) is 4.90 Å². The van der Waals surface area contributed by atoms with Crippen molar-refractivity contribution in [2.24, 2.45) is 5.92 Å². The van der Waals surface area contributed by atoms with E-state index in [0.29, 0.717) is 24.6 Å². The molecular weight excluding hydrogens is 282 g/mol. The first kappa shape index (κ1) is 13.3. The lowest BCUT2D eigenvalue weighted by Crippen LogP contribution is -2.27. The standard InChI is InChI=1S/C16H17N3O3/c20-15-5-10(7-19(15)12-2-3-12)8-22-16(21)11-1-4-13-14(6-11)18-9-17-13/h1,4,6,9-10,12H,2-3,5,7-8H2,(H,17,18). The number of carbonyl (C=O) groups excluding carboxylic acids is 2. The number of aromatic amines is 1. The minimum absolute atomic E-state index is 0.118. The molecule has 1 atom stereocenters. The van der Waals surface area contributed by atoms with Crippen LogP contribution < -0.4 is 0 Å². The minimum atomic E-state index is -0.353. The van der Waals surface area contributed by atoms with Crippen molar-refractivity contribution in [3.63, 3.8) is 0 Å². The fourth-order valence-electron chi connectivity index (χ4n) is 3.00. The molecule has 1 aliphatic carbocycles. The molecule has 1 unspecified atom stereocenters. The van der Waals surface area contributed by atoms with Crippen LogP contribution in [-0.4, -0.2) is 45.9 Å². The Hall–Kier alpha value is -2.37. The summed E-state index contributed by atoms with van der Waals surface area (Å²) in [4.78, 5) is 33.0. The van der Waals surface area contributed by atoms with Gasteiger partial charge >= 0.3 is 5.97 Å². The summed E-state index contributed by atoms with van der Waals surface area (Å²) in [5.41, 5.74) is 2.13. The summed E-state index contributed by atoms with van der Waals surface area (Å²) in [5, 5.41) is 0. The van der Waals surface area contributed by atoms with Gasteiger partial charge in [0.2, 0.25) is 5.91 Å². The van der Waals surface area contributed by atoms with Gasteiger partial charge in [0.1, 0.15) is 0 Å². The topological polar surface area (TPSA) is 75.3 Å². The van der Waals surface area contributed by atoms with E-state index in [0.717, 1.165) is 30.4 Å². The Labute approximate surface area is 127 Å². The minimum Gasteiger partial charge on any atom is -0.462 e. The Kier molecular flexibility index (Phi) is 3.10. The van der Waals surface area contributed by atoms with Crippen LogP contribution in [0, 0.1) is 5.92 Å². The molecule has 114 valence electrons. The van der Waals surface area contributed by atoms with Crippen molar-refractivity contribution in [1.82, 2.24) is 14.9 Å².